The zero-order chi connectivity index (χ0) is 31.4. The molecule has 0 saturated heterocycles. The predicted molar refractivity (Wildman–Crippen MR) is 198 cm³/mol. The Balaban J connectivity index is 1.12. The van der Waals surface area contributed by atoms with E-state index in [9.17, 15) is 0 Å². The van der Waals surface area contributed by atoms with Crippen LogP contribution >= 0.6 is 0 Å². The van der Waals surface area contributed by atoms with Gasteiger partial charge in [0.2, 0.25) is 0 Å². The van der Waals surface area contributed by atoms with Gasteiger partial charge in [-0.25, -0.2) is 0 Å². The summed E-state index contributed by atoms with van der Waals surface area (Å²) in [5.74, 6) is 1.92. The summed E-state index contributed by atoms with van der Waals surface area (Å²) in [6.07, 6.45) is 31.8. The highest BCUT2D eigenvalue weighted by Gasteiger charge is 2.66. The first kappa shape index (κ1) is 27.1. The van der Waals surface area contributed by atoms with E-state index in [4.69, 9.17) is 0 Å². The van der Waals surface area contributed by atoms with Crippen LogP contribution in [0, 0.1) is 23.7 Å². The summed E-state index contributed by atoms with van der Waals surface area (Å²) in [6, 6.07) is 29.7. The lowest BCUT2D eigenvalue weighted by atomic mass is 9.65. The summed E-state index contributed by atoms with van der Waals surface area (Å²) >= 11 is 0. The molecule has 1 heteroatoms. The average molecular weight is 618 g/mol. The Morgan fingerprint density at radius 3 is 2.56 bits per heavy atom. The second kappa shape index (κ2) is 10.1. The number of hydrogen-bond donors (Lipinski definition) is 0. The Morgan fingerprint density at radius 2 is 1.62 bits per heavy atom. The number of fused-ring (bicyclic) bond motifs is 6. The molecule has 1 spiro atoms. The summed E-state index contributed by atoms with van der Waals surface area (Å²) in [7, 11) is 0. The molecule has 0 N–H and O–H groups in total. The zero-order valence-corrected chi connectivity index (χ0v) is 27.3. The number of allylic oxidation sites excluding steroid dienone is 17. The first-order valence-corrected chi connectivity index (χ1v) is 18.2. The van der Waals surface area contributed by atoms with Crippen molar-refractivity contribution in [1.29, 1.82) is 0 Å². The summed E-state index contributed by atoms with van der Waals surface area (Å²) < 4.78 is 0. The fourth-order valence-electron chi connectivity index (χ4n) is 11.1. The highest BCUT2D eigenvalue weighted by molar-refractivity contribution is 5.94. The van der Waals surface area contributed by atoms with Gasteiger partial charge in [-0.3, -0.25) is 0 Å². The molecule has 48 heavy (non-hydrogen) atoms. The lowest BCUT2D eigenvalue weighted by Crippen LogP contribution is -2.35. The third-order valence-corrected chi connectivity index (χ3v) is 12.8. The van der Waals surface area contributed by atoms with Crippen molar-refractivity contribution >= 4 is 22.5 Å². The van der Waals surface area contributed by atoms with Gasteiger partial charge in [0.1, 0.15) is 0 Å². The molecule has 232 valence electrons. The lowest BCUT2D eigenvalue weighted by Gasteiger charge is -2.39. The van der Waals surface area contributed by atoms with Gasteiger partial charge < -0.3 is 4.90 Å². The summed E-state index contributed by atoms with van der Waals surface area (Å²) in [4.78, 5) is 2.56. The molecule has 5 atom stereocenters. The molecule has 0 amide bonds. The molecule has 1 saturated carbocycles. The van der Waals surface area contributed by atoms with Gasteiger partial charge in [0.15, 0.2) is 0 Å². The Hall–Kier alpha value is -4.88. The monoisotopic (exact) mass is 617 g/mol. The molecule has 3 aromatic carbocycles. The Labute approximate surface area is 284 Å². The van der Waals surface area contributed by atoms with Crippen LogP contribution in [0.3, 0.4) is 0 Å². The molecule has 0 aliphatic heterocycles. The molecule has 5 unspecified atom stereocenters. The fourth-order valence-corrected chi connectivity index (χ4v) is 11.1. The minimum Gasteiger partial charge on any atom is -0.310 e. The largest absolute Gasteiger partial charge is 0.310 e. The van der Waals surface area contributed by atoms with Crippen LogP contribution in [0.25, 0.3) is 11.1 Å². The van der Waals surface area contributed by atoms with E-state index in [2.05, 4.69) is 145 Å². The number of benzene rings is 3. The Kier molecular flexibility index (Phi) is 5.68. The quantitative estimate of drug-likeness (QED) is 0.282. The van der Waals surface area contributed by atoms with E-state index in [1.54, 1.807) is 27.9 Å². The molecule has 0 heterocycles. The van der Waals surface area contributed by atoms with Gasteiger partial charge in [-0.2, -0.15) is 0 Å². The molecule has 0 aromatic heterocycles. The average Bonchev–Trinajstić information content (AvgIpc) is 3.75. The van der Waals surface area contributed by atoms with Crippen molar-refractivity contribution in [2.24, 2.45) is 23.7 Å². The topological polar surface area (TPSA) is 3.24 Å². The van der Waals surface area contributed by atoms with E-state index in [1.165, 1.54) is 70.6 Å². The molecule has 11 rings (SSSR count). The molecule has 8 aliphatic rings. The molecular weight excluding hydrogens is 579 g/mol. The number of anilines is 2. The van der Waals surface area contributed by atoms with Crippen molar-refractivity contribution in [1.82, 2.24) is 0 Å². The maximum atomic E-state index is 2.70. The predicted octanol–water partition coefficient (Wildman–Crippen LogP) is 11.5. The summed E-state index contributed by atoms with van der Waals surface area (Å²) in [6.45, 7) is 0. The highest BCUT2D eigenvalue weighted by Crippen LogP contribution is 2.74. The van der Waals surface area contributed by atoms with Gasteiger partial charge in [0.25, 0.3) is 0 Å². The smallest absolute Gasteiger partial charge is 0.0536 e. The molecule has 1 nitrogen and oxygen atoms in total. The summed E-state index contributed by atoms with van der Waals surface area (Å²) in [5.41, 5.74) is 19.3. The normalized spacial score (nSPS) is 29.8. The fraction of sp³-hybridized carbons (Fsp3) is 0.234. The first-order chi connectivity index (χ1) is 23.8. The van der Waals surface area contributed by atoms with Crippen LogP contribution < -0.4 is 4.90 Å². The second-order valence-electron chi connectivity index (χ2n) is 14.9. The zero-order valence-electron chi connectivity index (χ0n) is 27.3. The van der Waals surface area contributed by atoms with Crippen molar-refractivity contribution in [3.8, 4) is 0 Å². The van der Waals surface area contributed by atoms with Crippen LogP contribution in [0.2, 0.25) is 0 Å². The summed E-state index contributed by atoms with van der Waals surface area (Å²) in [5, 5.41) is 0. The van der Waals surface area contributed by atoms with Crippen LogP contribution in [0.5, 0.6) is 0 Å². The highest BCUT2D eigenvalue weighted by atomic mass is 15.2. The van der Waals surface area contributed by atoms with Crippen LogP contribution in [0.15, 0.2) is 173 Å². The standard InChI is InChI=1S/C47H39N/c1-2-14-33(15-3-1)48(44-23-9-7-16-35(44)32-25-24-30-12-4-5-13-31(30)28-32)34-26-27-37-39-19-11-21-41-40-20-10-18-38-36-17-6-8-22-42(36)47(45(38)40,46(39)41)43(37)29-34/h1-4,6-10,12,14-19,22-27,29,31,37,40,43H,5,11,13,20-21,28H2. The third kappa shape index (κ3) is 3.47. The minimum atomic E-state index is -0.0624. The Morgan fingerprint density at radius 1 is 0.771 bits per heavy atom. The van der Waals surface area contributed by atoms with Gasteiger partial charge in [-0.1, -0.05) is 121 Å². The van der Waals surface area contributed by atoms with Crippen LogP contribution in [0.1, 0.15) is 55.2 Å². The lowest BCUT2D eigenvalue weighted by molar-refractivity contribution is 0.426. The molecule has 0 radical (unpaired) electrons. The van der Waals surface area contributed by atoms with Crippen LogP contribution in [-0.2, 0) is 5.41 Å². The Bertz CT molecular complexity index is 2210. The maximum Gasteiger partial charge on any atom is 0.0536 e. The molecular formula is C47H39N. The van der Waals surface area contributed by atoms with E-state index in [0.29, 0.717) is 23.7 Å². The SMILES string of the molecule is C1=CC2=CC=C(c3ccccc3N(C3=CC4C(C=C3)C3=CCCC5=C3C43C4=C(C=CCC54)c4ccccc43)c3ccccc3)CC2CC1. The van der Waals surface area contributed by atoms with Gasteiger partial charge >= 0.3 is 0 Å². The van der Waals surface area contributed by atoms with Crippen molar-refractivity contribution in [2.75, 3.05) is 4.90 Å². The molecule has 8 aliphatic carbocycles. The number of para-hydroxylation sites is 2. The van der Waals surface area contributed by atoms with Gasteiger partial charge in [-0.15, -0.1) is 0 Å². The van der Waals surface area contributed by atoms with Crippen LogP contribution in [-0.4, -0.2) is 0 Å². The minimum absolute atomic E-state index is 0.0624. The molecule has 3 aromatic rings. The van der Waals surface area contributed by atoms with E-state index in [1.807, 2.05) is 0 Å². The number of nitrogens with zero attached hydrogens (tertiary/aromatic N) is 1. The van der Waals surface area contributed by atoms with E-state index in [-0.39, 0.29) is 5.41 Å². The van der Waals surface area contributed by atoms with E-state index in [0.717, 1.165) is 12.8 Å². The van der Waals surface area contributed by atoms with Crippen molar-refractivity contribution in [2.45, 2.75) is 43.9 Å². The van der Waals surface area contributed by atoms with E-state index >= 15 is 0 Å². The maximum absolute atomic E-state index is 2.70. The third-order valence-electron chi connectivity index (χ3n) is 12.8. The second-order valence-corrected chi connectivity index (χ2v) is 14.9. The van der Waals surface area contributed by atoms with E-state index < -0.39 is 0 Å². The van der Waals surface area contributed by atoms with Gasteiger partial charge in [-0.05, 0) is 113 Å². The van der Waals surface area contributed by atoms with Crippen molar-refractivity contribution in [3.63, 3.8) is 0 Å². The van der Waals surface area contributed by atoms with Crippen molar-refractivity contribution in [3.05, 3.63) is 190 Å². The van der Waals surface area contributed by atoms with Crippen molar-refractivity contribution < 1.29 is 0 Å². The first-order valence-electron chi connectivity index (χ1n) is 18.2. The van der Waals surface area contributed by atoms with Crippen LogP contribution in [0.4, 0.5) is 11.4 Å². The number of hydrogen-bond acceptors (Lipinski definition) is 1. The van der Waals surface area contributed by atoms with Gasteiger partial charge in [0, 0.05) is 34.7 Å². The number of rotatable bonds is 4. The van der Waals surface area contributed by atoms with Gasteiger partial charge in [0.05, 0.1) is 11.1 Å². The molecule has 0 bridgehead atoms. The molecule has 1 fully saturated rings.